The minimum atomic E-state index is -1.09. The summed E-state index contributed by atoms with van der Waals surface area (Å²) >= 11 is 0. The Hall–Kier alpha value is -1.62. The van der Waals surface area contributed by atoms with Crippen LogP contribution in [0.5, 0.6) is 0 Å². The van der Waals surface area contributed by atoms with Crippen LogP contribution in [0.25, 0.3) is 0 Å². The monoisotopic (exact) mass is 211 g/mol. The van der Waals surface area contributed by atoms with Gasteiger partial charge in [-0.25, -0.2) is 4.79 Å². The van der Waals surface area contributed by atoms with Crippen molar-refractivity contribution in [2.24, 2.45) is 0 Å². The fraction of sp³-hybridized carbons (Fsp3) is 0.400. The standard InChI is InChI=1S/C10H13NO4/c1-15-6-2-4-11-5-3-8(10(13)14)7-9(11)12/h3,5,7H,2,4,6H2,1H3,(H,13,14). The molecule has 0 bridgehead atoms. The highest BCUT2D eigenvalue weighted by atomic mass is 16.5. The van der Waals surface area contributed by atoms with E-state index in [-0.39, 0.29) is 11.1 Å². The highest BCUT2D eigenvalue weighted by Gasteiger charge is 2.04. The van der Waals surface area contributed by atoms with Gasteiger partial charge >= 0.3 is 5.97 Å². The number of aryl methyl sites for hydroxylation is 1. The molecule has 5 nitrogen and oxygen atoms in total. The molecule has 0 atom stereocenters. The summed E-state index contributed by atoms with van der Waals surface area (Å²) < 4.78 is 6.32. The fourth-order valence-electron chi connectivity index (χ4n) is 1.20. The topological polar surface area (TPSA) is 68.5 Å². The van der Waals surface area contributed by atoms with E-state index in [9.17, 15) is 9.59 Å². The van der Waals surface area contributed by atoms with Gasteiger partial charge in [0, 0.05) is 32.5 Å². The summed E-state index contributed by atoms with van der Waals surface area (Å²) in [5.41, 5.74) is -0.283. The zero-order valence-electron chi connectivity index (χ0n) is 8.47. The molecule has 0 saturated carbocycles. The van der Waals surface area contributed by atoms with Gasteiger partial charge in [-0.05, 0) is 12.5 Å². The zero-order valence-corrected chi connectivity index (χ0v) is 8.47. The second-order valence-corrected chi connectivity index (χ2v) is 3.10. The third-order valence-corrected chi connectivity index (χ3v) is 1.99. The van der Waals surface area contributed by atoms with Crippen molar-refractivity contribution in [1.82, 2.24) is 4.57 Å². The van der Waals surface area contributed by atoms with Gasteiger partial charge in [0.1, 0.15) is 0 Å². The Balaban J connectivity index is 2.75. The number of aromatic carboxylic acids is 1. The van der Waals surface area contributed by atoms with Crippen LogP contribution in [0.15, 0.2) is 23.1 Å². The molecule has 0 spiro atoms. The molecule has 0 aliphatic heterocycles. The first kappa shape index (κ1) is 11.5. The van der Waals surface area contributed by atoms with E-state index >= 15 is 0 Å². The summed E-state index contributed by atoms with van der Waals surface area (Å²) in [5, 5.41) is 8.65. The number of methoxy groups -OCH3 is 1. The lowest BCUT2D eigenvalue weighted by Gasteiger charge is -2.04. The van der Waals surface area contributed by atoms with Gasteiger partial charge in [0.25, 0.3) is 5.56 Å². The van der Waals surface area contributed by atoms with E-state index in [2.05, 4.69) is 0 Å². The number of carbonyl (C=O) groups is 1. The van der Waals surface area contributed by atoms with Gasteiger partial charge in [-0.15, -0.1) is 0 Å². The van der Waals surface area contributed by atoms with Crippen LogP contribution in [-0.2, 0) is 11.3 Å². The average Bonchev–Trinajstić information content (AvgIpc) is 2.20. The van der Waals surface area contributed by atoms with Crippen molar-refractivity contribution in [1.29, 1.82) is 0 Å². The summed E-state index contributed by atoms with van der Waals surface area (Å²) in [6.45, 7) is 1.11. The minimum Gasteiger partial charge on any atom is -0.478 e. The zero-order chi connectivity index (χ0) is 11.3. The summed E-state index contributed by atoms with van der Waals surface area (Å²) in [7, 11) is 1.59. The van der Waals surface area contributed by atoms with Gasteiger partial charge in [0.2, 0.25) is 0 Å². The largest absolute Gasteiger partial charge is 0.478 e. The van der Waals surface area contributed by atoms with E-state index < -0.39 is 5.97 Å². The number of hydrogen-bond acceptors (Lipinski definition) is 3. The molecule has 0 fully saturated rings. The van der Waals surface area contributed by atoms with Crippen molar-refractivity contribution >= 4 is 5.97 Å². The van der Waals surface area contributed by atoms with Crippen molar-refractivity contribution in [2.45, 2.75) is 13.0 Å². The predicted octanol–water partition coefficient (Wildman–Crippen LogP) is 0.583. The lowest BCUT2D eigenvalue weighted by atomic mass is 10.2. The van der Waals surface area contributed by atoms with Crippen LogP contribution in [0.3, 0.4) is 0 Å². The SMILES string of the molecule is COCCCn1ccc(C(=O)O)cc1=O. The first-order chi connectivity index (χ1) is 7.15. The summed E-state index contributed by atoms with van der Waals surface area (Å²) in [6.07, 6.45) is 2.21. The van der Waals surface area contributed by atoms with Crippen LogP contribution in [0.2, 0.25) is 0 Å². The van der Waals surface area contributed by atoms with Gasteiger partial charge in [0.15, 0.2) is 0 Å². The third kappa shape index (κ3) is 3.21. The number of carboxylic acid groups (broad SMARTS) is 1. The highest BCUT2D eigenvalue weighted by Crippen LogP contribution is 1.95. The van der Waals surface area contributed by atoms with Crippen LogP contribution < -0.4 is 5.56 Å². The van der Waals surface area contributed by atoms with Crippen molar-refractivity contribution in [2.75, 3.05) is 13.7 Å². The molecule has 1 aromatic heterocycles. The molecular weight excluding hydrogens is 198 g/mol. The van der Waals surface area contributed by atoms with Crippen LogP contribution >= 0.6 is 0 Å². The Morgan fingerprint density at radius 1 is 1.60 bits per heavy atom. The Morgan fingerprint density at radius 3 is 2.87 bits per heavy atom. The molecule has 1 heterocycles. The number of hydrogen-bond donors (Lipinski definition) is 1. The quantitative estimate of drug-likeness (QED) is 0.723. The Bertz CT molecular complexity index is 397. The maximum absolute atomic E-state index is 11.4. The van der Waals surface area contributed by atoms with Gasteiger partial charge in [-0.3, -0.25) is 4.79 Å². The van der Waals surface area contributed by atoms with Gasteiger partial charge < -0.3 is 14.4 Å². The Morgan fingerprint density at radius 2 is 2.33 bits per heavy atom. The molecular formula is C10H13NO4. The molecule has 1 N–H and O–H groups in total. The molecule has 0 aliphatic carbocycles. The van der Waals surface area contributed by atoms with Crippen molar-refractivity contribution in [3.63, 3.8) is 0 Å². The van der Waals surface area contributed by atoms with Crippen LogP contribution in [0, 0.1) is 0 Å². The Kier molecular flexibility index (Phi) is 4.05. The van der Waals surface area contributed by atoms with Gasteiger partial charge in [0.05, 0.1) is 5.56 Å². The second-order valence-electron chi connectivity index (χ2n) is 3.10. The predicted molar refractivity (Wildman–Crippen MR) is 54.2 cm³/mol. The van der Waals surface area contributed by atoms with Crippen LogP contribution in [0.1, 0.15) is 16.8 Å². The number of ether oxygens (including phenoxy) is 1. The van der Waals surface area contributed by atoms with Crippen molar-refractivity contribution in [3.8, 4) is 0 Å². The molecule has 15 heavy (non-hydrogen) atoms. The van der Waals surface area contributed by atoms with Gasteiger partial charge in [-0.2, -0.15) is 0 Å². The van der Waals surface area contributed by atoms with Crippen LogP contribution in [0.4, 0.5) is 0 Å². The number of carboxylic acids is 1. The molecule has 0 saturated heterocycles. The molecule has 0 aliphatic rings. The smallest absolute Gasteiger partial charge is 0.335 e. The fourth-order valence-corrected chi connectivity index (χ4v) is 1.20. The first-order valence-electron chi connectivity index (χ1n) is 4.58. The summed E-state index contributed by atoms with van der Waals surface area (Å²) in [5.74, 6) is -1.09. The molecule has 1 rings (SSSR count). The number of pyridine rings is 1. The van der Waals surface area contributed by atoms with Crippen molar-refractivity contribution < 1.29 is 14.6 Å². The first-order valence-corrected chi connectivity index (χ1v) is 4.58. The van der Waals surface area contributed by atoms with Gasteiger partial charge in [-0.1, -0.05) is 0 Å². The van der Waals surface area contributed by atoms with E-state index in [0.717, 1.165) is 12.5 Å². The molecule has 5 heteroatoms. The third-order valence-electron chi connectivity index (χ3n) is 1.99. The van der Waals surface area contributed by atoms with E-state index in [4.69, 9.17) is 9.84 Å². The van der Waals surface area contributed by atoms with E-state index in [1.807, 2.05) is 0 Å². The molecule has 1 aromatic rings. The number of nitrogens with zero attached hydrogens (tertiary/aromatic N) is 1. The van der Waals surface area contributed by atoms with E-state index in [1.54, 1.807) is 7.11 Å². The minimum absolute atomic E-state index is 0.0167. The molecule has 0 radical (unpaired) electrons. The maximum Gasteiger partial charge on any atom is 0.335 e. The van der Waals surface area contributed by atoms with E-state index in [0.29, 0.717) is 13.2 Å². The van der Waals surface area contributed by atoms with Crippen LogP contribution in [-0.4, -0.2) is 29.4 Å². The molecule has 0 unspecified atom stereocenters. The molecule has 82 valence electrons. The normalized spacial score (nSPS) is 10.2. The average molecular weight is 211 g/mol. The lowest BCUT2D eigenvalue weighted by Crippen LogP contribution is -2.20. The summed E-state index contributed by atoms with van der Waals surface area (Å²) in [6, 6.07) is 2.53. The van der Waals surface area contributed by atoms with E-state index in [1.165, 1.54) is 16.8 Å². The Labute approximate surface area is 86.9 Å². The summed E-state index contributed by atoms with van der Waals surface area (Å²) in [4.78, 5) is 22.0. The molecule has 0 amide bonds. The molecule has 0 aromatic carbocycles. The second kappa shape index (κ2) is 5.31. The lowest BCUT2D eigenvalue weighted by molar-refractivity contribution is 0.0696. The highest BCUT2D eigenvalue weighted by molar-refractivity contribution is 5.87. The van der Waals surface area contributed by atoms with Crippen molar-refractivity contribution in [3.05, 3.63) is 34.2 Å². The number of rotatable bonds is 5. The maximum atomic E-state index is 11.4. The number of aromatic nitrogens is 1.